The van der Waals surface area contributed by atoms with Gasteiger partial charge in [0.15, 0.2) is 0 Å². The quantitative estimate of drug-likeness (QED) is 0.636. The Morgan fingerprint density at radius 1 is 1.62 bits per heavy atom. The molecule has 1 heterocycles. The van der Waals surface area contributed by atoms with Crippen LogP contribution in [0.1, 0.15) is 10.4 Å². The van der Waals surface area contributed by atoms with Gasteiger partial charge in [0, 0.05) is 7.05 Å². The zero-order chi connectivity index (χ0) is 9.84. The summed E-state index contributed by atoms with van der Waals surface area (Å²) in [5, 5.41) is 2.84. The van der Waals surface area contributed by atoms with Crippen LogP contribution in [0.2, 0.25) is 0 Å². The highest BCUT2D eigenvalue weighted by Crippen LogP contribution is 2.15. The van der Waals surface area contributed by atoms with Crippen molar-refractivity contribution in [3.05, 3.63) is 22.3 Å². The standard InChI is InChI=1S/C8H9BrN2O2/c1-10-7-4-5(8(12)13-2)3-6(9)11-7/h3-4H,1-2H3,(H,10,11). The second-order valence-electron chi connectivity index (χ2n) is 2.31. The van der Waals surface area contributed by atoms with E-state index in [0.29, 0.717) is 16.0 Å². The van der Waals surface area contributed by atoms with Crippen LogP contribution in [0.15, 0.2) is 16.7 Å². The minimum atomic E-state index is -0.375. The Morgan fingerprint density at radius 2 is 2.31 bits per heavy atom. The molecule has 0 aliphatic heterocycles. The van der Waals surface area contributed by atoms with Gasteiger partial charge >= 0.3 is 5.97 Å². The van der Waals surface area contributed by atoms with E-state index < -0.39 is 0 Å². The predicted molar refractivity (Wildman–Crippen MR) is 52.8 cm³/mol. The van der Waals surface area contributed by atoms with Gasteiger partial charge in [0.05, 0.1) is 12.7 Å². The molecule has 1 aromatic rings. The number of pyridine rings is 1. The number of esters is 1. The van der Waals surface area contributed by atoms with E-state index in [0.717, 1.165) is 0 Å². The molecule has 0 bridgehead atoms. The van der Waals surface area contributed by atoms with Crippen molar-refractivity contribution in [3.8, 4) is 0 Å². The Labute approximate surface area is 84.4 Å². The number of methoxy groups -OCH3 is 1. The minimum Gasteiger partial charge on any atom is -0.465 e. The molecular formula is C8H9BrN2O2. The molecule has 0 saturated heterocycles. The summed E-state index contributed by atoms with van der Waals surface area (Å²) in [6.45, 7) is 0. The van der Waals surface area contributed by atoms with E-state index in [2.05, 4.69) is 31.0 Å². The first kappa shape index (κ1) is 9.98. The molecular weight excluding hydrogens is 236 g/mol. The van der Waals surface area contributed by atoms with Gasteiger partial charge < -0.3 is 10.1 Å². The largest absolute Gasteiger partial charge is 0.465 e. The van der Waals surface area contributed by atoms with Gasteiger partial charge in [-0.15, -0.1) is 0 Å². The molecule has 0 radical (unpaired) electrons. The first-order chi connectivity index (χ1) is 6.17. The van der Waals surface area contributed by atoms with Crippen molar-refractivity contribution in [3.63, 3.8) is 0 Å². The van der Waals surface area contributed by atoms with Crippen molar-refractivity contribution in [2.45, 2.75) is 0 Å². The van der Waals surface area contributed by atoms with Crippen LogP contribution in [-0.4, -0.2) is 25.1 Å². The zero-order valence-corrected chi connectivity index (χ0v) is 8.88. The van der Waals surface area contributed by atoms with Crippen LogP contribution in [0, 0.1) is 0 Å². The summed E-state index contributed by atoms with van der Waals surface area (Å²) in [5.74, 6) is 0.245. The molecule has 0 aliphatic carbocycles. The molecule has 0 spiro atoms. The Morgan fingerprint density at radius 3 is 2.85 bits per heavy atom. The summed E-state index contributed by atoms with van der Waals surface area (Å²) in [7, 11) is 3.07. The minimum absolute atomic E-state index is 0.375. The van der Waals surface area contributed by atoms with E-state index in [4.69, 9.17) is 0 Å². The normalized spacial score (nSPS) is 9.46. The fourth-order valence-corrected chi connectivity index (χ4v) is 1.30. The second-order valence-corrected chi connectivity index (χ2v) is 3.12. The molecule has 0 saturated carbocycles. The lowest BCUT2D eigenvalue weighted by Gasteiger charge is -2.03. The van der Waals surface area contributed by atoms with Crippen molar-refractivity contribution < 1.29 is 9.53 Å². The SMILES string of the molecule is CNc1cc(C(=O)OC)cc(Br)n1. The maximum Gasteiger partial charge on any atom is 0.338 e. The van der Waals surface area contributed by atoms with Crippen molar-refractivity contribution in [2.24, 2.45) is 0 Å². The van der Waals surface area contributed by atoms with Gasteiger partial charge in [0.1, 0.15) is 10.4 Å². The Bertz CT molecular complexity index is 328. The molecule has 1 rings (SSSR count). The maximum atomic E-state index is 11.1. The summed E-state index contributed by atoms with van der Waals surface area (Å²) >= 11 is 3.19. The van der Waals surface area contributed by atoms with Crippen LogP contribution in [0.25, 0.3) is 0 Å². The summed E-state index contributed by atoms with van der Waals surface area (Å²) in [6.07, 6.45) is 0. The highest BCUT2D eigenvalue weighted by atomic mass is 79.9. The van der Waals surface area contributed by atoms with Crippen LogP contribution < -0.4 is 5.32 Å². The van der Waals surface area contributed by atoms with Gasteiger partial charge in [0.2, 0.25) is 0 Å². The predicted octanol–water partition coefficient (Wildman–Crippen LogP) is 1.67. The van der Waals surface area contributed by atoms with Crippen LogP contribution in [0.3, 0.4) is 0 Å². The Kier molecular flexibility index (Phi) is 3.25. The van der Waals surface area contributed by atoms with E-state index >= 15 is 0 Å². The number of rotatable bonds is 2. The number of nitrogens with zero attached hydrogens (tertiary/aromatic N) is 1. The van der Waals surface area contributed by atoms with Crippen LogP contribution in [0.4, 0.5) is 5.82 Å². The number of aromatic nitrogens is 1. The number of nitrogens with one attached hydrogen (secondary N) is 1. The molecule has 5 heteroatoms. The third-order valence-corrected chi connectivity index (χ3v) is 1.88. The van der Waals surface area contributed by atoms with Crippen LogP contribution in [-0.2, 0) is 4.74 Å². The third-order valence-electron chi connectivity index (χ3n) is 1.47. The lowest BCUT2D eigenvalue weighted by Crippen LogP contribution is -2.03. The lowest BCUT2D eigenvalue weighted by atomic mass is 10.2. The van der Waals surface area contributed by atoms with Crippen molar-refractivity contribution in [1.82, 2.24) is 4.98 Å². The van der Waals surface area contributed by atoms with Gasteiger partial charge in [-0.3, -0.25) is 0 Å². The molecule has 0 atom stereocenters. The van der Waals surface area contributed by atoms with E-state index in [1.807, 2.05) is 0 Å². The van der Waals surface area contributed by atoms with Gasteiger partial charge in [0.25, 0.3) is 0 Å². The molecule has 0 aromatic carbocycles. The molecule has 0 amide bonds. The average Bonchev–Trinajstić information content (AvgIpc) is 2.15. The summed E-state index contributed by atoms with van der Waals surface area (Å²) in [6, 6.07) is 3.23. The molecule has 13 heavy (non-hydrogen) atoms. The fraction of sp³-hybridized carbons (Fsp3) is 0.250. The van der Waals surface area contributed by atoms with Gasteiger partial charge in [-0.2, -0.15) is 0 Å². The smallest absolute Gasteiger partial charge is 0.338 e. The number of carbonyl (C=O) groups is 1. The topological polar surface area (TPSA) is 51.2 Å². The van der Waals surface area contributed by atoms with E-state index in [1.165, 1.54) is 7.11 Å². The highest BCUT2D eigenvalue weighted by Gasteiger charge is 2.07. The molecule has 1 N–H and O–H groups in total. The first-order valence-electron chi connectivity index (χ1n) is 3.61. The van der Waals surface area contributed by atoms with Crippen LogP contribution >= 0.6 is 15.9 Å². The van der Waals surface area contributed by atoms with Gasteiger partial charge in [-0.1, -0.05) is 0 Å². The van der Waals surface area contributed by atoms with E-state index in [1.54, 1.807) is 19.2 Å². The number of ether oxygens (including phenoxy) is 1. The molecule has 1 aromatic heterocycles. The molecule has 0 unspecified atom stereocenters. The van der Waals surface area contributed by atoms with Crippen molar-refractivity contribution >= 4 is 27.7 Å². The Balaban J connectivity index is 3.08. The van der Waals surface area contributed by atoms with Crippen molar-refractivity contribution in [2.75, 3.05) is 19.5 Å². The van der Waals surface area contributed by atoms with E-state index in [9.17, 15) is 4.79 Å². The Hall–Kier alpha value is -1.10. The van der Waals surface area contributed by atoms with Gasteiger partial charge in [-0.25, -0.2) is 9.78 Å². The summed E-state index contributed by atoms with van der Waals surface area (Å²) in [5.41, 5.74) is 0.466. The highest BCUT2D eigenvalue weighted by molar-refractivity contribution is 9.10. The van der Waals surface area contributed by atoms with Crippen LogP contribution in [0.5, 0.6) is 0 Å². The first-order valence-corrected chi connectivity index (χ1v) is 4.40. The van der Waals surface area contributed by atoms with Gasteiger partial charge in [-0.05, 0) is 28.1 Å². The number of anilines is 1. The fourth-order valence-electron chi connectivity index (χ4n) is 0.861. The number of hydrogen-bond acceptors (Lipinski definition) is 4. The van der Waals surface area contributed by atoms with Crippen molar-refractivity contribution in [1.29, 1.82) is 0 Å². The monoisotopic (exact) mass is 244 g/mol. The molecule has 4 nitrogen and oxygen atoms in total. The summed E-state index contributed by atoms with van der Waals surface area (Å²) < 4.78 is 5.17. The third kappa shape index (κ3) is 2.42. The lowest BCUT2D eigenvalue weighted by molar-refractivity contribution is 0.0600. The number of halogens is 1. The molecule has 0 aliphatic rings. The maximum absolute atomic E-state index is 11.1. The average molecular weight is 245 g/mol. The zero-order valence-electron chi connectivity index (χ0n) is 7.30. The molecule has 70 valence electrons. The van der Waals surface area contributed by atoms with E-state index in [-0.39, 0.29) is 5.97 Å². The second kappa shape index (κ2) is 4.23. The summed E-state index contributed by atoms with van der Waals surface area (Å²) in [4.78, 5) is 15.2. The molecule has 0 fully saturated rings. The number of hydrogen-bond donors (Lipinski definition) is 1. The number of carbonyl (C=O) groups excluding carboxylic acids is 1.